The average Bonchev–Trinajstić information content (AvgIpc) is 2.51. The van der Waals surface area contributed by atoms with Crippen molar-refractivity contribution in [2.24, 2.45) is 5.73 Å². The van der Waals surface area contributed by atoms with Gasteiger partial charge in [0, 0.05) is 11.9 Å². The van der Waals surface area contributed by atoms with E-state index >= 15 is 0 Å². The Balaban J connectivity index is 2.85. The van der Waals surface area contributed by atoms with Gasteiger partial charge in [-0.05, 0) is 19.3 Å². The zero-order valence-corrected chi connectivity index (χ0v) is 9.59. The SMILES string of the molecule is CCCC(C)(N)c1ncc(C(C)C)[nH]1. The van der Waals surface area contributed by atoms with E-state index in [1.165, 1.54) is 0 Å². The molecule has 1 unspecified atom stereocenters. The molecule has 0 amide bonds. The van der Waals surface area contributed by atoms with Gasteiger partial charge in [0.15, 0.2) is 0 Å². The van der Waals surface area contributed by atoms with Gasteiger partial charge in [0.25, 0.3) is 0 Å². The fourth-order valence-corrected chi connectivity index (χ4v) is 1.56. The molecule has 0 spiro atoms. The third-order valence-electron chi connectivity index (χ3n) is 2.53. The van der Waals surface area contributed by atoms with E-state index in [-0.39, 0.29) is 5.54 Å². The first-order chi connectivity index (χ1) is 6.47. The molecule has 3 N–H and O–H groups in total. The maximum atomic E-state index is 6.17. The first-order valence-electron chi connectivity index (χ1n) is 5.31. The van der Waals surface area contributed by atoms with Crippen LogP contribution in [0.5, 0.6) is 0 Å². The van der Waals surface area contributed by atoms with Crippen molar-refractivity contribution in [3.8, 4) is 0 Å². The van der Waals surface area contributed by atoms with E-state index in [1.807, 2.05) is 13.1 Å². The lowest BCUT2D eigenvalue weighted by atomic mass is 9.97. The van der Waals surface area contributed by atoms with Crippen LogP contribution in [0.3, 0.4) is 0 Å². The Bertz CT molecular complexity index is 286. The Hall–Kier alpha value is -0.830. The Morgan fingerprint density at radius 3 is 2.64 bits per heavy atom. The van der Waals surface area contributed by atoms with Crippen molar-refractivity contribution >= 4 is 0 Å². The number of H-pyrrole nitrogens is 1. The smallest absolute Gasteiger partial charge is 0.126 e. The molecule has 14 heavy (non-hydrogen) atoms. The fraction of sp³-hybridized carbons (Fsp3) is 0.727. The topological polar surface area (TPSA) is 54.7 Å². The zero-order chi connectivity index (χ0) is 10.8. The molecule has 1 heterocycles. The van der Waals surface area contributed by atoms with Gasteiger partial charge in [-0.3, -0.25) is 0 Å². The molecule has 80 valence electrons. The second kappa shape index (κ2) is 4.13. The minimum Gasteiger partial charge on any atom is -0.344 e. The third kappa shape index (κ3) is 2.35. The number of hydrogen-bond acceptors (Lipinski definition) is 2. The molecular weight excluding hydrogens is 174 g/mol. The summed E-state index contributed by atoms with van der Waals surface area (Å²) in [4.78, 5) is 7.65. The monoisotopic (exact) mass is 195 g/mol. The highest BCUT2D eigenvalue weighted by Crippen LogP contribution is 2.22. The van der Waals surface area contributed by atoms with Gasteiger partial charge in [-0.2, -0.15) is 0 Å². The van der Waals surface area contributed by atoms with Gasteiger partial charge in [-0.25, -0.2) is 4.98 Å². The van der Waals surface area contributed by atoms with E-state index in [0.717, 1.165) is 24.4 Å². The van der Waals surface area contributed by atoms with Crippen LogP contribution in [0.1, 0.15) is 58.0 Å². The molecule has 0 aliphatic rings. The summed E-state index contributed by atoms with van der Waals surface area (Å²) in [5.41, 5.74) is 7.01. The quantitative estimate of drug-likeness (QED) is 0.775. The number of imidazole rings is 1. The lowest BCUT2D eigenvalue weighted by molar-refractivity contribution is 0.422. The normalized spacial score (nSPS) is 15.9. The van der Waals surface area contributed by atoms with Crippen LogP contribution in [0, 0.1) is 0 Å². The van der Waals surface area contributed by atoms with Gasteiger partial charge < -0.3 is 10.7 Å². The fourth-order valence-electron chi connectivity index (χ4n) is 1.56. The number of nitrogens with zero attached hydrogens (tertiary/aromatic N) is 1. The van der Waals surface area contributed by atoms with Crippen molar-refractivity contribution < 1.29 is 0 Å². The van der Waals surface area contributed by atoms with Crippen LogP contribution in [0.2, 0.25) is 0 Å². The van der Waals surface area contributed by atoms with Crippen LogP contribution in [0.15, 0.2) is 6.20 Å². The van der Waals surface area contributed by atoms with Crippen LogP contribution in [-0.4, -0.2) is 9.97 Å². The standard InChI is InChI=1S/C11H21N3/c1-5-6-11(4,12)10-13-7-9(14-10)8(2)3/h7-8H,5-6,12H2,1-4H3,(H,13,14). The summed E-state index contributed by atoms with van der Waals surface area (Å²) in [6.07, 6.45) is 3.92. The molecule has 0 fully saturated rings. The summed E-state index contributed by atoms with van der Waals surface area (Å²) in [6, 6.07) is 0. The molecule has 1 aromatic heterocycles. The van der Waals surface area contributed by atoms with Gasteiger partial charge in [0.1, 0.15) is 5.82 Å². The molecule has 0 radical (unpaired) electrons. The molecule has 0 aromatic carbocycles. The minimum atomic E-state index is -0.318. The number of nitrogens with two attached hydrogens (primary N) is 1. The third-order valence-corrected chi connectivity index (χ3v) is 2.53. The van der Waals surface area contributed by atoms with Crippen molar-refractivity contribution in [3.63, 3.8) is 0 Å². The van der Waals surface area contributed by atoms with Gasteiger partial charge in [0.2, 0.25) is 0 Å². The van der Waals surface area contributed by atoms with Crippen LogP contribution in [-0.2, 0) is 5.54 Å². The number of hydrogen-bond donors (Lipinski definition) is 2. The number of nitrogens with one attached hydrogen (secondary N) is 1. The van der Waals surface area contributed by atoms with Crippen molar-refractivity contribution in [2.75, 3.05) is 0 Å². The summed E-state index contributed by atoms with van der Waals surface area (Å²) >= 11 is 0. The number of aromatic amines is 1. The molecule has 0 aliphatic carbocycles. The van der Waals surface area contributed by atoms with Gasteiger partial charge in [0.05, 0.1) is 5.54 Å². The first-order valence-corrected chi connectivity index (χ1v) is 5.31. The number of aromatic nitrogens is 2. The first kappa shape index (κ1) is 11.2. The Morgan fingerprint density at radius 1 is 1.57 bits per heavy atom. The van der Waals surface area contributed by atoms with Crippen molar-refractivity contribution in [3.05, 3.63) is 17.7 Å². The maximum Gasteiger partial charge on any atom is 0.126 e. The highest BCUT2D eigenvalue weighted by atomic mass is 15.0. The Morgan fingerprint density at radius 2 is 2.21 bits per heavy atom. The summed E-state index contributed by atoms with van der Waals surface area (Å²) in [5, 5.41) is 0. The van der Waals surface area contributed by atoms with Gasteiger partial charge in [-0.15, -0.1) is 0 Å². The molecule has 1 aromatic rings. The molecular formula is C11H21N3. The van der Waals surface area contributed by atoms with E-state index in [1.54, 1.807) is 0 Å². The van der Waals surface area contributed by atoms with Crippen LogP contribution in [0.25, 0.3) is 0 Å². The van der Waals surface area contributed by atoms with Gasteiger partial charge in [-0.1, -0.05) is 27.2 Å². The summed E-state index contributed by atoms with van der Waals surface area (Å²) in [6.45, 7) is 8.45. The van der Waals surface area contributed by atoms with Crippen molar-refractivity contribution in [1.29, 1.82) is 0 Å². The van der Waals surface area contributed by atoms with E-state index < -0.39 is 0 Å². The predicted octanol–water partition coefficient (Wildman–Crippen LogP) is 2.51. The lowest BCUT2D eigenvalue weighted by Crippen LogP contribution is -2.34. The maximum absolute atomic E-state index is 6.17. The minimum absolute atomic E-state index is 0.318. The van der Waals surface area contributed by atoms with Crippen LogP contribution < -0.4 is 5.73 Å². The van der Waals surface area contributed by atoms with E-state index in [0.29, 0.717) is 5.92 Å². The molecule has 0 aliphatic heterocycles. The second-order valence-electron chi connectivity index (χ2n) is 4.51. The number of rotatable bonds is 4. The van der Waals surface area contributed by atoms with Crippen LogP contribution >= 0.6 is 0 Å². The molecule has 1 atom stereocenters. The second-order valence-corrected chi connectivity index (χ2v) is 4.51. The summed E-state index contributed by atoms with van der Waals surface area (Å²) in [7, 11) is 0. The van der Waals surface area contributed by atoms with Crippen molar-refractivity contribution in [2.45, 2.75) is 52.0 Å². The predicted molar refractivity (Wildman–Crippen MR) is 59.1 cm³/mol. The van der Waals surface area contributed by atoms with E-state index in [4.69, 9.17) is 5.73 Å². The summed E-state index contributed by atoms with van der Waals surface area (Å²) < 4.78 is 0. The van der Waals surface area contributed by atoms with Crippen molar-refractivity contribution in [1.82, 2.24) is 9.97 Å². The van der Waals surface area contributed by atoms with E-state index in [2.05, 4.69) is 30.7 Å². The molecule has 0 saturated carbocycles. The average molecular weight is 195 g/mol. The Kier molecular flexibility index (Phi) is 3.32. The zero-order valence-electron chi connectivity index (χ0n) is 9.59. The molecule has 1 rings (SSSR count). The molecule has 3 nitrogen and oxygen atoms in total. The molecule has 0 saturated heterocycles. The highest BCUT2D eigenvalue weighted by Gasteiger charge is 2.23. The van der Waals surface area contributed by atoms with E-state index in [9.17, 15) is 0 Å². The molecule has 0 bridgehead atoms. The lowest BCUT2D eigenvalue weighted by Gasteiger charge is -2.21. The Labute approximate surface area is 86.1 Å². The summed E-state index contributed by atoms with van der Waals surface area (Å²) in [5.74, 6) is 1.39. The molecule has 3 heteroatoms. The highest BCUT2D eigenvalue weighted by molar-refractivity contribution is 5.11. The van der Waals surface area contributed by atoms with Crippen LogP contribution in [0.4, 0.5) is 0 Å². The van der Waals surface area contributed by atoms with Gasteiger partial charge >= 0.3 is 0 Å². The largest absolute Gasteiger partial charge is 0.344 e.